The van der Waals surface area contributed by atoms with Gasteiger partial charge in [-0.05, 0) is 62.0 Å². The second-order valence-corrected chi connectivity index (χ2v) is 17.6. The molecule has 3 aliphatic heterocycles. The first-order chi connectivity index (χ1) is 26.5. The van der Waals surface area contributed by atoms with Gasteiger partial charge in [0.1, 0.15) is 35.9 Å². The lowest BCUT2D eigenvalue weighted by Gasteiger charge is -2.49. The summed E-state index contributed by atoms with van der Waals surface area (Å²) in [6.07, 6.45) is 8.35. The Bertz CT molecular complexity index is 1490. The number of epoxide rings is 1. The predicted octanol–water partition coefficient (Wildman–Crippen LogP) is 3.99. The zero-order chi connectivity index (χ0) is 38.8. The van der Waals surface area contributed by atoms with Crippen molar-refractivity contribution in [2.75, 3.05) is 65.1 Å². The molecule has 4 N–H and O–H groups in total. The molecule has 15 heteroatoms. The van der Waals surface area contributed by atoms with E-state index in [-0.39, 0.29) is 84.0 Å². The van der Waals surface area contributed by atoms with E-state index >= 15 is 0 Å². The van der Waals surface area contributed by atoms with Crippen molar-refractivity contribution in [1.29, 1.82) is 0 Å². The van der Waals surface area contributed by atoms with E-state index in [1.807, 2.05) is 11.8 Å². The van der Waals surface area contributed by atoms with Gasteiger partial charge in [-0.3, -0.25) is 9.59 Å². The Labute approximate surface area is 328 Å². The molecule has 0 bridgehead atoms. The molecule has 2 saturated carbocycles. The van der Waals surface area contributed by atoms with Gasteiger partial charge in [-0.15, -0.1) is 0 Å². The standard InChI is InChI=1S/C40H60N4O10S/c1-39(2)13-6-14-40(3)32(39)11-12-33(40)54-37(47)28-10-9-26(51-22-27-23-52-27)21-30(28)53-24-35(46)42-16-18-50-20-19-49-17-15-41-34(45)8-5-4-7-31-36-29(25-55-31)43-38(48)44-36/h9-10,21,27,29,31-33,36H,4-8,11-20,22-25H2,1-3H3,(H,41,45)(H,42,46)(H2,43,44,48)/t27?,29-,31-,32-,33-,36-,40-/m0/s1. The Hall–Kier alpha value is -3.27. The van der Waals surface area contributed by atoms with Crippen LogP contribution in [0.2, 0.25) is 0 Å². The molecule has 306 valence electrons. The number of thioether (sulfide) groups is 1. The summed E-state index contributed by atoms with van der Waals surface area (Å²) in [5.41, 5.74) is 0.421. The molecule has 55 heavy (non-hydrogen) atoms. The van der Waals surface area contributed by atoms with Crippen LogP contribution in [0.4, 0.5) is 4.79 Å². The molecule has 5 fully saturated rings. The molecule has 14 nitrogen and oxygen atoms in total. The molecule has 2 aliphatic carbocycles. The van der Waals surface area contributed by atoms with Crippen LogP contribution >= 0.6 is 11.8 Å². The van der Waals surface area contributed by atoms with Crippen molar-refractivity contribution in [2.45, 2.75) is 108 Å². The molecule has 7 atom stereocenters. The lowest BCUT2D eigenvalue weighted by atomic mass is 9.57. The van der Waals surface area contributed by atoms with Gasteiger partial charge in [-0.2, -0.15) is 11.8 Å². The minimum absolute atomic E-state index is 0.00765. The molecule has 4 amide bonds. The number of carbonyl (C=O) groups excluding carboxylic acids is 4. The summed E-state index contributed by atoms with van der Waals surface area (Å²) in [6.45, 7) is 9.79. The minimum Gasteiger partial charge on any atom is -0.491 e. The number of benzene rings is 1. The first kappa shape index (κ1) is 41.4. The first-order valence-electron chi connectivity index (χ1n) is 20.1. The second-order valence-electron chi connectivity index (χ2n) is 16.4. The van der Waals surface area contributed by atoms with E-state index in [1.165, 1.54) is 6.42 Å². The largest absolute Gasteiger partial charge is 0.491 e. The molecule has 0 radical (unpaired) electrons. The van der Waals surface area contributed by atoms with E-state index in [9.17, 15) is 19.2 Å². The van der Waals surface area contributed by atoms with E-state index in [1.54, 1.807) is 18.2 Å². The highest BCUT2D eigenvalue weighted by Gasteiger charge is 2.55. The van der Waals surface area contributed by atoms with Gasteiger partial charge in [0, 0.05) is 42.0 Å². The number of carbonyl (C=O) groups is 4. The van der Waals surface area contributed by atoms with Crippen LogP contribution in [0.5, 0.6) is 11.5 Å². The molecule has 0 spiro atoms. The fraction of sp³-hybridized carbons (Fsp3) is 0.750. The van der Waals surface area contributed by atoms with Crippen LogP contribution < -0.4 is 30.7 Å². The number of rotatable bonds is 22. The SMILES string of the molecule is CC1(C)CCC[C@]2(C)[C@@H](OC(=O)c3ccc(OCC4CO4)cc3OCC(=O)NCCOCCOCCNC(=O)CCCC[C@@H]3SC[C@@H]4NC(=O)N[C@@H]43)CC[C@@H]12. The van der Waals surface area contributed by atoms with E-state index in [4.69, 9.17) is 28.4 Å². The van der Waals surface area contributed by atoms with Gasteiger partial charge in [-0.25, -0.2) is 9.59 Å². The number of amides is 4. The normalized spacial score (nSPS) is 28.7. The number of ether oxygens (including phenoxy) is 6. The maximum Gasteiger partial charge on any atom is 0.342 e. The molecule has 3 heterocycles. The summed E-state index contributed by atoms with van der Waals surface area (Å²) in [5, 5.41) is 12.0. The minimum atomic E-state index is -0.455. The van der Waals surface area contributed by atoms with Gasteiger partial charge < -0.3 is 49.7 Å². The zero-order valence-electron chi connectivity index (χ0n) is 32.6. The van der Waals surface area contributed by atoms with E-state index < -0.39 is 5.97 Å². The summed E-state index contributed by atoms with van der Waals surface area (Å²) in [4.78, 5) is 50.0. The highest BCUT2D eigenvalue weighted by Crippen LogP contribution is 2.60. The molecule has 5 aliphatic rings. The third-order valence-corrected chi connectivity index (χ3v) is 13.4. The van der Waals surface area contributed by atoms with E-state index in [2.05, 4.69) is 42.0 Å². The number of esters is 1. The zero-order valence-corrected chi connectivity index (χ0v) is 33.4. The van der Waals surface area contributed by atoms with Crippen LogP contribution in [0.15, 0.2) is 18.2 Å². The summed E-state index contributed by atoms with van der Waals surface area (Å²) in [7, 11) is 0. The Kier molecular flexibility index (Phi) is 14.5. The van der Waals surface area contributed by atoms with Gasteiger partial charge >= 0.3 is 12.0 Å². The lowest BCUT2D eigenvalue weighted by Crippen LogP contribution is -2.44. The third kappa shape index (κ3) is 11.4. The summed E-state index contributed by atoms with van der Waals surface area (Å²) < 4.78 is 34.3. The van der Waals surface area contributed by atoms with Crippen LogP contribution in [0.3, 0.4) is 0 Å². The van der Waals surface area contributed by atoms with Crippen molar-refractivity contribution in [2.24, 2.45) is 16.7 Å². The number of urea groups is 1. The van der Waals surface area contributed by atoms with Crippen LogP contribution in [0.1, 0.15) is 88.9 Å². The molecule has 1 aromatic rings. The van der Waals surface area contributed by atoms with Gasteiger partial charge in [0.15, 0.2) is 6.61 Å². The number of unbranched alkanes of at least 4 members (excludes halogenated alkanes) is 1. The Balaban J connectivity index is 0.825. The smallest absolute Gasteiger partial charge is 0.342 e. The van der Waals surface area contributed by atoms with E-state index in [0.29, 0.717) is 62.9 Å². The number of fused-ring (bicyclic) bond motifs is 2. The van der Waals surface area contributed by atoms with Crippen LogP contribution in [0, 0.1) is 16.7 Å². The second kappa shape index (κ2) is 19.3. The highest BCUT2D eigenvalue weighted by molar-refractivity contribution is 8.00. The van der Waals surface area contributed by atoms with Gasteiger partial charge in [0.05, 0.1) is 45.1 Å². The van der Waals surface area contributed by atoms with Crippen molar-refractivity contribution < 1.29 is 47.6 Å². The van der Waals surface area contributed by atoms with Gasteiger partial charge in [0.2, 0.25) is 5.91 Å². The van der Waals surface area contributed by atoms with Crippen molar-refractivity contribution in [3.05, 3.63) is 23.8 Å². The van der Waals surface area contributed by atoms with Crippen LogP contribution in [-0.4, -0.2) is 118 Å². The third-order valence-electron chi connectivity index (χ3n) is 11.9. The molecule has 1 aromatic carbocycles. The van der Waals surface area contributed by atoms with Crippen molar-refractivity contribution >= 4 is 35.6 Å². The molecule has 0 aromatic heterocycles. The number of hydrogen-bond acceptors (Lipinski definition) is 11. The molecule has 3 saturated heterocycles. The topological polar surface area (TPSA) is 175 Å². The maximum absolute atomic E-state index is 13.6. The summed E-state index contributed by atoms with van der Waals surface area (Å²) >= 11 is 1.89. The molecule has 6 rings (SSSR count). The predicted molar refractivity (Wildman–Crippen MR) is 206 cm³/mol. The molecular formula is C40H60N4O10S. The van der Waals surface area contributed by atoms with Crippen molar-refractivity contribution in [3.8, 4) is 11.5 Å². The number of hydrogen-bond donors (Lipinski definition) is 4. The van der Waals surface area contributed by atoms with E-state index in [0.717, 1.165) is 50.7 Å². The molecular weight excluding hydrogens is 729 g/mol. The Morgan fingerprint density at radius 3 is 2.47 bits per heavy atom. The van der Waals surface area contributed by atoms with Gasteiger partial charge in [0.25, 0.3) is 5.91 Å². The maximum atomic E-state index is 13.6. The van der Waals surface area contributed by atoms with Crippen molar-refractivity contribution in [1.82, 2.24) is 21.3 Å². The van der Waals surface area contributed by atoms with Crippen LogP contribution in [-0.2, 0) is 28.5 Å². The van der Waals surface area contributed by atoms with Gasteiger partial charge in [-0.1, -0.05) is 33.6 Å². The number of nitrogens with one attached hydrogen (secondary N) is 4. The van der Waals surface area contributed by atoms with Crippen LogP contribution in [0.25, 0.3) is 0 Å². The average Bonchev–Trinajstić information content (AvgIpc) is 3.68. The lowest BCUT2D eigenvalue weighted by molar-refractivity contribution is -0.123. The fourth-order valence-corrected chi connectivity index (χ4v) is 10.5. The Morgan fingerprint density at radius 2 is 1.71 bits per heavy atom. The highest BCUT2D eigenvalue weighted by atomic mass is 32.2. The summed E-state index contributed by atoms with van der Waals surface area (Å²) in [6, 6.07) is 5.35. The average molecular weight is 789 g/mol. The monoisotopic (exact) mass is 788 g/mol. The Morgan fingerprint density at radius 1 is 0.945 bits per heavy atom. The first-order valence-corrected chi connectivity index (χ1v) is 21.2. The quantitative estimate of drug-likeness (QED) is 0.0579. The molecule has 1 unspecified atom stereocenters. The summed E-state index contributed by atoms with van der Waals surface area (Å²) in [5.74, 6) is 1.40. The van der Waals surface area contributed by atoms with Crippen molar-refractivity contribution in [3.63, 3.8) is 0 Å². The fourth-order valence-electron chi connectivity index (χ4n) is 8.94.